The van der Waals surface area contributed by atoms with Gasteiger partial charge in [-0.1, -0.05) is 0 Å². The molecule has 1 aliphatic heterocycles. The van der Waals surface area contributed by atoms with Crippen molar-refractivity contribution in [3.63, 3.8) is 0 Å². The van der Waals surface area contributed by atoms with Gasteiger partial charge in [-0.25, -0.2) is 0 Å². The number of likely N-dealkylation sites (tertiary alicyclic amines) is 1. The highest BCUT2D eigenvalue weighted by Crippen LogP contribution is 2.29. The normalized spacial score (nSPS) is 18.1. The summed E-state index contributed by atoms with van der Waals surface area (Å²) in [5.74, 6) is 1.61. The summed E-state index contributed by atoms with van der Waals surface area (Å²) < 4.78 is 10.7. The second kappa shape index (κ2) is 6.78. The van der Waals surface area contributed by atoms with Gasteiger partial charge in [-0.3, -0.25) is 0 Å². The van der Waals surface area contributed by atoms with E-state index in [0.717, 1.165) is 18.0 Å². The molecule has 0 aliphatic carbocycles. The van der Waals surface area contributed by atoms with Crippen LogP contribution in [0.15, 0.2) is 18.2 Å². The molecule has 1 heterocycles. The van der Waals surface area contributed by atoms with Crippen LogP contribution in [0.5, 0.6) is 11.5 Å². The maximum absolute atomic E-state index is 5.40. The lowest BCUT2D eigenvalue weighted by Crippen LogP contribution is -3.14. The van der Waals surface area contributed by atoms with Gasteiger partial charge in [-0.05, 0) is 37.5 Å². The first-order valence-corrected chi connectivity index (χ1v) is 7.16. The average molecular weight is 266 g/mol. The van der Waals surface area contributed by atoms with Crippen LogP contribution in [-0.4, -0.2) is 33.9 Å². The number of piperidine rings is 1. The summed E-state index contributed by atoms with van der Waals surface area (Å²) in [6, 6.07) is 6.73. The molecule has 0 saturated carbocycles. The smallest absolute Gasteiger partial charge is 0.163 e. The zero-order valence-electron chi connectivity index (χ0n) is 12.1. The Morgan fingerprint density at radius 2 is 1.79 bits per heavy atom. The van der Waals surface area contributed by atoms with Crippen LogP contribution in [0.3, 0.4) is 0 Å². The molecule has 4 nitrogen and oxygen atoms in total. The summed E-state index contributed by atoms with van der Waals surface area (Å²) in [5.41, 5.74) is 5.45. The molecule has 1 atom stereocenters. The van der Waals surface area contributed by atoms with Crippen molar-refractivity contribution in [2.45, 2.75) is 25.3 Å². The molecule has 0 unspecified atom stereocenters. The van der Waals surface area contributed by atoms with E-state index in [2.05, 4.69) is 17.9 Å². The lowest BCUT2D eigenvalue weighted by Gasteiger charge is -2.30. The fourth-order valence-corrected chi connectivity index (χ4v) is 3.03. The Bertz CT molecular complexity index is 403. The third-order valence-corrected chi connectivity index (χ3v) is 4.09. The first-order chi connectivity index (χ1) is 9.30. The molecule has 1 aromatic rings. The fourth-order valence-electron chi connectivity index (χ4n) is 3.03. The Morgan fingerprint density at radius 1 is 1.11 bits per heavy atom. The third kappa shape index (κ3) is 3.19. The molecule has 0 radical (unpaired) electrons. The van der Waals surface area contributed by atoms with Gasteiger partial charge in [0, 0.05) is 5.56 Å². The fraction of sp³-hybridized carbons (Fsp3) is 0.600. The van der Waals surface area contributed by atoms with Crippen molar-refractivity contribution in [2.24, 2.45) is 0 Å². The van der Waals surface area contributed by atoms with E-state index in [9.17, 15) is 0 Å². The van der Waals surface area contributed by atoms with Crippen LogP contribution in [-0.2, 0) is 0 Å². The molecule has 0 amide bonds. The van der Waals surface area contributed by atoms with Crippen LogP contribution >= 0.6 is 0 Å². The van der Waals surface area contributed by atoms with Crippen molar-refractivity contribution in [3.8, 4) is 11.5 Å². The molecule has 2 rings (SSSR count). The van der Waals surface area contributed by atoms with E-state index < -0.39 is 0 Å². The van der Waals surface area contributed by atoms with Gasteiger partial charge in [0.15, 0.2) is 17.5 Å². The number of rotatable bonds is 5. The second-order valence-corrected chi connectivity index (χ2v) is 5.17. The van der Waals surface area contributed by atoms with Crippen molar-refractivity contribution in [3.05, 3.63) is 23.8 Å². The molecule has 1 aliphatic rings. The highest BCUT2D eigenvalue weighted by molar-refractivity contribution is 5.43. The number of methoxy groups -OCH3 is 2. The third-order valence-electron chi connectivity index (χ3n) is 4.09. The average Bonchev–Trinajstić information content (AvgIpc) is 2.49. The number of hydrogen-bond acceptors (Lipinski definition) is 2. The Balaban J connectivity index is 2.22. The Morgan fingerprint density at radius 3 is 2.37 bits per heavy atom. The molecular weight excluding hydrogens is 240 g/mol. The first kappa shape index (κ1) is 14.2. The Labute approximate surface area is 115 Å². The lowest BCUT2D eigenvalue weighted by atomic mass is 10.0. The van der Waals surface area contributed by atoms with Crippen molar-refractivity contribution < 1.29 is 20.1 Å². The van der Waals surface area contributed by atoms with Gasteiger partial charge in [-0.2, -0.15) is 0 Å². The molecule has 0 bridgehead atoms. The van der Waals surface area contributed by atoms with Crippen LogP contribution in [0.2, 0.25) is 0 Å². The van der Waals surface area contributed by atoms with Crippen molar-refractivity contribution >= 4 is 0 Å². The van der Waals surface area contributed by atoms with Crippen molar-refractivity contribution in [2.75, 3.05) is 33.9 Å². The van der Waals surface area contributed by atoms with Crippen molar-refractivity contribution in [1.29, 1.82) is 0 Å². The largest absolute Gasteiger partial charge is 0.493 e. The van der Waals surface area contributed by atoms with E-state index in [4.69, 9.17) is 9.47 Å². The van der Waals surface area contributed by atoms with Gasteiger partial charge in [0.05, 0.1) is 27.3 Å². The number of ether oxygens (including phenoxy) is 2. The summed E-state index contributed by atoms with van der Waals surface area (Å²) in [5, 5.41) is 0. The predicted octanol–water partition coefficient (Wildman–Crippen LogP) is 0.0556. The zero-order valence-corrected chi connectivity index (χ0v) is 12.1. The molecule has 1 aromatic carbocycles. The number of quaternary nitrogens is 2. The van der Waals surface area contributed by atoms with Crippen LogP contribution in [0, 0.1) is 0 Å². The highest BCUT2D eigenvalue weighted by atomic mass is 16.5. The Kier molecular flexibility index (Phi) is 5.05. The lowest BCUT2D eigenvalue weighted by molar-refractivity contribution is -0.942. The van der Waals surface area contributed by atoms with E-state index in [1.54, 1.807) is 19.1 Å². The minimum absolute atomic E-state index is 0.472. The molecule has 4 N–H and O–H groups in total. The van der Waals surface area contributed by atoms with Crippen molar-refractivity contribution in [1.82, 2.24) is 0 Å². The minimum atomic E-state index is 0.472. The summed E-state index contributed by atoms with van der Waals surface area (Å²) in [4.78, 5) is 1.66. The molecule has 1 fully saturated rings. The van der Waals surface area contributed by atoms with E-state index >= 15 is 0 Å². The van der Waals surface area contributed by atoms with E-state index in [0.29, 0.717) is 6.04 Å². The summed E-state index contributed by atoms with van der Waals surface area (Å²) >= 11 is 0. The molecule has 106 valence electrons. The maximum Gasteiger partial charge on any atom is 0.163 e. The molecule has 4 heteroatoms. The summed E-state index contributed by atoms with van der Waals surface area (Å²) in [7, 11) is 3.36. The van der Waals surface area contributed by atoms with E-state index in [-0.39, 0.29) is 0 Å². The second-order valence-electron chi connectivity index (χ2n) is 5.17. The van der Waals surface area contributed by atoms with Gasteiger partial charge >= 0.3 is 0 Å². The SMILES string of the molecule is COc1ccc([C@H](C[NH3+])[NH+]2CCCCC2)cc1OC. The minimum Gasteiger partial charge on any atom is -0.493 e. The maximum atomic E-state index is 5.40. The molecule has 0 spiro atoms. The zero-order chi connectivity index (χ0) is 13.7. The van der Waals surface area contributed by atoms with E-state index in [1.165, 1.54) is 37.9 Å². The quantitative estimate of drug-likeness (QED) is 0.791. The predicted molar refractivity (Wildman–Crippen MR) is 74.6 cm³/mol. The molecular formula is C15H26N2O2+2. The first-order valence-electron chi connectivity index (χ1n) is 7.16. The van der Waals surface area contributed by atoms with Crippen LogP contribution in [0.1, 0.15) is 30.9 Å². The monoisotopic (exact) mass is 266 g/mol. The van der Waals surface area contributed by atoms with Crippen LogP contribution in [0.25, 0.3) is 0 Å². The summed E-state index contributed by atoms with van der Waals surface area (Å²) in [6.07, 6.45) is 4.04. The highest BCUT2D eigenvalue weighted by Gasteiger charge is 2.27. The number of nitrogens with one attached hydrogen (secondary N) is 1. The number of hydrogen-bond donors (Lipinski definition) is 2. The Hall–Kier alpha value is -1.26. The topological polar surface area (TPSA) is 50.5 Å². The molecule has 19 heavy (non-hydrogen) atoms. The number of benzene rings is 1. The molecule has 1 saturated heterocycles. The van der Waals surface area contributed by atoms with Crippen LogP contribution in [0.4, 0.5) is 0 Å². The van der Waals surface area contributed by atoms with Gasteiger partial charge in [0.25, 0.3) is 0 Å². The van der Waals surface area contributed by atoms with E-state index in [1.807, 2.05) is 6.07 Å². The van der Waals surface area contributed by atoms with Gasteiger partial charge in [0.2, 0.25) is 0 Å². The molecule has 0 aromatic heterocycles. The summed E-state index contributed by atoms with van der Waals surface area (Å²) in [6.45, 7) is 3.44. The van der Waals surface area contributed by atoms with Gasteiger partial charge in [0.1, 0.15) is 6.54 Å². The van der Waals surface area contributed by atoms with Crippen LogP contribution < -0.4 is 20.1 Å². The standard InChI is InChI=1S/C15H24N2O2/c1-18-14-7-6-12(10-15(14)19-2)13(11-16)17-8-4-3-5-9-17/h6-7,10,13H,3-5,8-9,11,16H2,1-2H3/p+2/t13-/m0/s1. The van der Waals surface area contributed by atoms with Gasteiger partial charge < -0.3 is 20.1 Å². The van der Waals surface area contributed by atoms with Gasteiger partial charge in [-0.15, -0.1) is 0 Å².